The van der Waals surface area contributed by atoms with Crippen molar-refractivity contribution in [1.29, 1.82) is 0 Å². The number of urea groups is 1. The van der Waals surface area contributed by atoms with E-state index in [4.69, 9.17) is 0 Å². The fraction of sp³-hybridized carbons (Fsp3) is 0.667. The molecule has 0 saturated carbocycles. The van der Waals surface area contributed by atoms with Crippen molar-refractivity contribution < 1.29 is 14.4 Å². The Morgan fingerprint density at radius 1 is 1.30 bits per heavy atom. The number of nitrogens with zero attached hydrogens (tertiary/aromatic N) is 4. The molecule has 146 valence electrons. The van der Waals surface area contributed by atoms with Crippen LogP contribution in [-0.2, 0) is 21.5 Å². The summed E-state index contributed by atoms with van der Waals surface area (Å²) in [4.78, 5) is 50.2. The Hall–Kier alpha value is -2.58. The Morgan fingerprint density at radius 2 is 2.04 bits per heavy atom. The molecule has 0 radical (unpaired) electrons. The SMILES string of the molecule is CCC(=O)N1CCc2[nH]cnc2C12CCN(C(=O)C1CN(C)C(=O)N1)CC2. The third kappa shape index (κ3) is 2.76. The Morgan fingerprint density at radius 3 is 2.67 bits per heavy atom. The Labute approximate surface area is 158 Å². The maximum Gasteiger partial charge on any atom is 0.317 e. The van der Waals surface area contributed by atoms with E-state index in [0.29, 0.717) is 45.4 Å². The summed E-state index contributed by atoms with van der Waals surface area (Å²) in [6.07, 6.45) is 4.28. The van der Waals surface area contributed by atoms with Gasteiger partial charge in [-0.15, -0.1) is 0 Å². The highest BCUT2D eigenvalue weighted by Crippen LogP contribution is 2.42. The van der Waals surface area contributed by atoms with E-state index >= 15 is 0 Å². The molecule has 1 aromatic rings. The van der Waals surface area contributed by atoms with Crippen LogP contribution in [0, 0.1) is 0 Å². The third-order valence-electron chi connectivity index (χ3n) is 6.17. The molecule has 2 saturated heterocycles. The van der Waals surface area contributed by atoms with Crippen molar-refractivity contribution in [1.82, 2.24) is 30.0 Å². The molecule has 3 aliphatic heterocycles. The zero-order valence-electron chi connectivity index (χ0n) is 15.8. The summed E-state index contributed by atoms with van der Waals surface area (Å²) in [5.74, 6) is 0.0853. The van der Waals surface area contributed by atoms with Gasteiger partial charge in [-0.1, -0.05) is 6.92 Å². The second kappa shape index (κ2) is 6.54. The number of carbonyl (C=O) groups excluding carboxylic acids is 3. The Kier molecular flexibility index (Phi) is 4.32. The van der Waals surface area contributed by atoms with Crippen molar-refractivity contribution in [3.8, 4) is 0 Å². The van der Waals surface area contributed by atoms with E-state index in [1.54, 1.807) is 13.4 Å². The number of fused-ring (bicyclic) bond motifs is 2. The zero-order valence-corrected chi connectivity index (χ0v) is 15.8. The summed E-state index contributed by atoms with van der Waals surface area (Å²) >= 11 is 0. The molecule has 4 amide bonds. The minimum atomic E-state index is -0.489. The van der Waals surface area contributed by atoms with Crippen LogP contribution in [-0.4, -0.2) is 81.8 Å². The second-order valence-corrected chi connectivity index (χ2v) is 7.62. The summed E-state index contributed by atoms with van der Waals surface area (Å²) in [5, 5.41) is 2.73. The number of amides is 4. The number of likely N-dealkylation sites (tertiary alicyclic amines) is 1. The second-order valence-electron chi connectivity index (χ2n) is 7.62. The van der Waals surface area contributed by atoms with E-state index in [1.165, 1.54) is 4.90 Å². The highest BCUT2D eigenvalue weighted by Gasteiger charge is 2.49. The van der Waals surface area contributed by atoms with E-state index in [2.05, 4.69) is 15.3 Å². The molecular formula is C18H26N6O3. The van der Waals surface area contributed by atoms with Crippen molar-refractivity contribution in [3.63, 3.8) is 0 Å². The molecule has 1 unspecified atom stereocenters. The molecular weight excluding hydrogens is 348 g/mol. The maximum atomic E-state index is 12.8. The quantitative estimate of drug-likeness (QED) is 0.763. The van der Waals surface area contributed by atoms with Crippen molar-refractivity contribution in [3.05, 3.63) is 17.7 Å². The largest absolute Gasteiger partial charge is 0.348 e. The summed E-state index contributed by atoms with van der Waals surface area (Å²) in [6, 6.07) is -0.702. The number of hydrogen-bond donors (Lipinski definition) is 2. The number of aromatic amines is 1. The van der Waals surface area contributed by atoms with Crippen LogP contribution in [0.3, 0.4) is 0 Å². The van der Waals surface area contributed by atoms with Gasteiger partial charge in [-0.3, -0.25) is 9.59 Å². The molecule has 1 spiro atoms. The number of rotatable bonds is 2. The number of H-pyrrole nitrogens is 1. The predicted octanol–water partition coefficient (Wildman–Crippen LogP) is 0.0457. The predicted molar refractivity (Wildman–Crippen MR) is 96.7 cm³/mol. The standard InChI is InChI=1S/C18H26N6O3/c1-3-14(25)24-7-4-12-15(20-11-19-12)18(24)5-8-23(9-6-18)16(26)13-10-22(2)17(27)21-13/h11,13H,3-10H2,1-2H3,(H,19,20)(H,21,27). The monoisotopic (exact) mass is 374 g/mol. The van der Waals surface area contributed by atoms with Gasteiger partial charge < -0.3 is 25.0 Å². The van der Waals surface area contributed by atoms with Crippen molar-refractivity contribution >= 4 is 17.8 Å². The first-order valence-corrected chi connectivity index (χ1v) is 9.60. The number of nitrogens with one attached hydrogen (secondary N) is 2. The van der Waals surface area contributed by atoms with Gasteiger partial charge in [0.25, 0.3) is 0 Å². The van der Waals surface area contributed by atoms with Crippen LogP contribution in [0.15, 0.2) is 6.33 Å². The average molecular weight is 374 g/mol. The molecule has 27 heavy (non-hydrogen) atoms. The molecule has 9 nitrogen and oxygen atoms in total. The topological polar surface area (TPSA) is 102 Å². The van der Waals surface area contributed by atoms with Crippen LogP contribution < -0.4 is 5.32 Å². The number of imidazole rings is 1. The van der Waals surface area contributed by atoms with Crippen LogP contribution in [0.25, 0.3) is 0 Å². The van der Waals surface area contributed by atoms with Crippen LogP contribution in [0.4, 0.5) is 4.79 Å². The normalized spacial score (nSPS) is 24.1. The number of piperidine rings is 1. The van der Waals surface area contributed by atoms with Crippen molar-refractivity contribution in [2.24, 2.45) is 0 Å². The van der Waals surface area contributed by atoms with Gasteiger partial charge in [0.1, 0.15) is 6.04 Å². The van der Waals surface area contributed by atoms with E-state index in [0.717, 1.165) is 17.8 Å². The maximum absolute atomic E-state index is 12.8. The van der Waals surface area contributed by atoms with E-state index in [-0.39, 0.29) is 17.8 Å². The van der Waals surface area contributed by atoms with Crippen molar-refractivity contribution in [2.45, 2.75) is 44.2 Å². The van der Waals surface area contributed by atoms with E-state index in [1.807, 2.05) is 16.7 Å². The minimum Gasteiger partial charge on any atom is -0.348 e. The van der Waals surface area contributed by atoms with Gasteiger partial charge in [-0.25, -0.2) is 9.78 Å². The highest BCUT2D eigenvalue weighted by molar-refractivity contribution is 5.90. The van der Waals surface area contributed by atoms with E-state index < -0.39 is 11.6 Å². The fourth-order valence-electron chi connectivity index (χ4n) is 4.66. The third-order valence-corrected chi connectivity index (χ3v) is 6.17. The summed E-state index contributed by atoms with van der Waals surface area (Å²) in [5.41, 5.74) is 1.61. The van der Waals surface area contributed by atoms with Crippen LogP contribution in [0.1, 0.15) is 37.6 Å². The molecule has 2 fully saturated rings. The van der Waals surface area contributed by atoms with Gasteiger partial charge in [0.05, 0.1) is 24.1 Å². The first-order valence-electron chi connectivity index (χ1n) is 9.60. The van der Waals surface area contributed by atoms with Gasteiger partial charge in [0.15, 0.2) is 0 Å². The first kappa shape index (κ1) is 17.8. The summed E-state index contributed by atoms with van der Waals surface area (Å²) in [6.45, 7) is 4.06. The molecule has 9 heteroatoms. The van der Waals surface area contributed by atoms with Gasteiger partial charge in [-0.2, -0.15) is 0 Å². The molecule has 1 atom stereocenters. The lowest BCUT2D eigenvalue weighted by Crippen LogP contribution is -2.60. The average Bonchev–Trinajstić information content (AvgIpc) is 3.29. The van der Waals surface area contributed by atoms with Crippen molar-refractivity contribution in [2.75, 3.05) is 33.2 Å². The molecule has 3 aliphatic rings. The molecule has 0 bridgehead atoms. The number of aromatic nitrogens is 2. The van der Waals surface area contributed by atoms with Crippen LogP contribution in [0.2, 0.25) is 0 Å². The lowest BCUT2D eigenvalue weighted by Gasteiger charge is -2.50. The highest BCUT2D eigenvalue weighted by atomic mass is 16.2. The summed E-state index contributed by atoms with van der Waals surface area (Å²) in [7, 11) is 1.68. The van der Waals surface area contributed by atoms with E-state index in [9.17, 15) is 14.4 Å². The molecule has 4 heterocycles. The molecule has 0 aliphatic carbocycles. The molecule has 4 rings (SSSR count). The smallest absolute Gasteiger partial charge is 0.317 e. The number of likely N-dealkylation sites (N-methyl/N-ethyl adjacent to an activating group) is 1. The van der Waals surface area contributed by atoms with Gasteiger partial charge >= 0.3 is 6.03 Å². The fourth-order valence-corrected chi connectivity index (χ4v) is 4.66. The molecule has 0 aromatic carbocycles. The number of hydrogen-bond acceptors (Lipinski definition) is 4. The Bertz CT molecular complexity index is 767. The minimum absolute atomic E-state index is 0.0472. The van der Waals surface area contributed by atoms with Gasteiger partial charge in [-0.05, 0) is 12.8 Å². The van der Waals surface area contributed by atoms with Gasteiger partial charge in [0.2, 0.25) is 11.8 Å². The van der Waals surface area contributed by atoms with Crippen LogP contribution in [0.5, 0.6) is 0 Å². The number of carbonyl (C=O) groups is 3. The first-order chi connectivity index (χ1) is 13.0. The van der Waals surface area contributed by atoms with Crippen LogP contribution >= 0.6 is 0 Å². The lowest BCUT2D eigenvalue weighted by molar-refractivity contribution is -0.144. The molecule has 1 aromatic heterocycles. The lowest BCUT2D eigenvalue weighted by atomic mass is 9.78. The Balaban J connectivity index is 1.53. The van der Waals surface area contributed by atoms with Gasteiger partial charge in [0, 0.05) is 45.2 Å². The zero-order chi connectivity index (χ0) is 19.2. The molecule has 2 N–H and O–H groups in total. The summed E-state index contributed by atoms with van der Waals surface area (Å²) < 4.78 is 0.